The lowest BCUT2D eigenvalue weighted by molar-refractivity contribution is 0.706. The fourth-order valence-electron chi connectivity index (χ4n) is 1.15. The SMILES string of the molecule is CCCCCCSc1cccnc1. The molecule has 0 unspecified atom stereocenters. The van der Waals surface area contributed by atoms with Crippen LogP contribution in [0.1, 0.15) is 32.6 Å². The zero-order chi connectivity index (χ0) is 9.36. The molecule has 0 N–H and O–H groups in total. The van der Waals surface area contributed by atoms with Crippen LogP contribution in [0, 0.1) is 0 Å². The van der Waals surface area contributed by atoms with Gasteiger partial charge >= 0.3 is 0 Å². The minimum absolute atomic E-state index is 1.23. The van der Waals surface area contributed by atoms with Crippen LogP contribution in [0.3, 0.4) is 0 Å². The molecule has 72 valence electrons. The first-order valence-electron chi connectivity index (χ1n) is 4.96. The Bertz CT molecular complexity index is 211. The number of pyridine rings is 1. The number of unbranched alkanes of at least 4 members (excludes halogenated alkanes) is 3. The molecular formula is C11H17NS. The van der Waals surface area contributed by atoms with Crippen molar-refractivity contribution in [3.05, 3.63) is 24.5 Å². The first-order valence-corrected chi connectivity index (χ1v) is 5.95. The fraction of sp³-hybridized carbons (Fsp3) is 0.545. The van der Waals surface area contributed by atoms with Gasteiger partial charge in [-0.05, 0) is 24.3 Å². The van der Waals surface area contributed by atoms with Gasteiger partial charge in [-0.3, -0.25) is 4.98 Å². The van der Waals surface area contributed by atoms with Crippen molar-refractivity contribution in [1.29, 1.82) is 0 Å². The van der Waals surface area contributed by atoms with Gasteiger partial charge < -0.3 is 0 Å². The lowest BCUT2D eigenvalue weighted by Crippen LogP contribution is -1.81. The molecule has 1 nitrogen and oxygen atoms in total. The summed E-state index contributed by atoms with van der Waals surface area (Å²) in [5.41, 5.74) is 0. The minimum Gasteiger partial charge on any atom is -0.264 e. The van der Waals surface area contributed by atoms with Gasteiger partial charge in [0, 0.05) is 17.3 Å². The van der Waals surface area contributed by atoms with E-state index in [9.17, 15) is 0 Å². The highest BCUT2D eigenvalue weighted by atomic mass is 32.2. The van der Waals surface area contributed by atoms with Crippen LogP contribution in [0.4, 0.5) is 0 Å². The summed E-state index contributed by atoms with van der Waals surface area (Å²) in [7, 11) is 0. The molecule has 0 saturated heterocycles. The number of aromatic nitrogens is 1. The van der Waals surface area contributed by atoms with Gasteiger partial charge in [-0.1, -0.05) is 26.2 Å². The number of hydrogen-bond acceptors (Lipinski definition) is 2. The highest BCUT2D eigenvalue weighted by Crippen LogP contribution is 2.17. The molecule has 0 aromatic carbocycles. The molecule has 0 bridgehead atoms. The average molecular weight is 195 g/mol. The van der Waals surface area contributed by atoms with Gasteiger partial charge in [0.15, 0.2) is 0 Å². The molecule has 0 aliphatic heterocycles. The Kier molecular flexibility index (Phi) is 5.66. The Hall–Kier alpha value is -0.500. The first kappa shape index (κ1) is 10.6. The summed E-state index contributed by atoms with van der Waals surface area (Å²) in [6.45, 7) is 2.24. The van der Waals surface area contributed by atoms with Crippen LogP contribution in [-0.4, -0.2) is 10.7 Å². The summed E-state index contributed by atoms with van der Waals surface area (Å²) in [6, 6.07) is 4.12. The maximum absolute atomic E-state index is 4.08. The van der Waals surface area contributed by atoms with Crippen molar-refractivity contribution in [2.75, 3.05) is 5.75 Å². The van der Waals surface area contributed by atoms with Gasteiger partial charge in [0.25, 0.3) is 0 Å². The van der Waals surface area contributed by atoms with Gasteiger partial charge in [0.05, 0.1) is 0 Å². The summed E-state index contributed by atoms with van der Waals surface area (Å²) in [5.74, 6) is 1.23. The smallest absolute Gasteiger partial charge is 0.0403 e. The highest BCUT2D eigenvalue weighted by Gasteiger charge is 1.92. The van der Waals surface area contributed by atoms with Crippen LogP contribution in [0.2, 0.25) is 0 Å². The topological polar surface area (TPSA) is 12.9 Å². The van der Waals surface area contributed by atoms with Gasteiger partial charge in [0.1, 0.15) is 0 Å². The highest BCUT2D eigenvalue weighted by molar-refractivity contribution is 7.99. The standard InChI is InChI=1S/C11H17NS/c1-2-3-4-5-9-13-11-7-6-8-12-10-11/h6-8,10H,2-5,9H2,1H3. The maximum atomic E-state index is 4.08. The molecule has 0 amide bonds. The summed E-state index contributed by atoms with van der Waals surface area (Å²) in [6.07, 6.45) is 9.13. The monoisotopic (exact) mass is 195 g/mol. The lowest BCUT2D eigenvalue weighted by Gasteiger charge is -1.99. The Balaban J connectivity index is 2.07. The maximum Gasteiger partial charge on any atom is 0.0403 e. The molecule has 0 saturated carbocycles. The second-order valence-electron chi connectivity index (χ2n) is 3.10. The van der Waals surface area contributed by atoms with Gasteiger partial charge in [-0.15, -0.1) is 11.8 Å². The molecule has 0 fully saturated rings. The van der Waals surface area contributed by atoms with E-state index in [0.29, 0.717) is 0 Å². The van der Waals surface area contributed by atoms with Crippen LogP contribution in [-0.2, 0) is 0 Å². The number of hydrogen-bond donors (Lipinski definition) is 0. The number of thioether (sulfide) groups is 1. The molecule has 0 aliphatic rings. The van der Waals surface area contributed by atoms with Gasteiger partial charge in [-0.2, -0.15) is 0 Å². The van der Waals surface area contributed by atoms with Crippen molar-refractivity contribution in [2.45, 2.75) is 37.5 Å². The van der Waals surface area contributed by atoms with E-state index in [1.54, 1.807) is 0 Å². The lowest BCUT2D eigenvalue weighted by atomic mass is 10.2. The third-order valence-electron chi connectivity index (χ3n) is 1.90. The van der Waals surface area contributed by atoms with Crippen molar-refractivity contribution < 1.29 is 0 Å². The number of nitrogens with zero attached hydrogens (tertiary/aromatic N) is 1. The Morgan fingerprint density at radius 2 is 2.23 bits per heavy atom. The van der Waals surface area contributed by atoms with Gasteiger partial charge in [-0.25, -0.2) is 0 Å². The number of rotatable bonds is 6. The van der Waals surface area contributed by atoms with Crippen LogP contribution in [0.5, 0.6) is 0 Å². The van der Waals surface area contributed by atoms with Crippen LogP contribution >= 0.6 is 11.8 Å². The normalized spacial score (nSPS) is 10.2. The Labute approximate surface area is 85.0 Å². The zero-order valence-electron chi connectivity index (χ0n) is 8.20. The zero-order valence-corrected chi connectivity index (χ0v) is 9.02. The average Bonchev–Trinajstić information content (AvgIpc) is 2.19. The van der Waals surface area contributed by atoms with Crippen LogP contribution in [0.15, 0.2) is 29.4 Å². The molecule has 13 heavy (non-hydrogen) atoms. The fourth-order valence-corrected chi connectivity index (χ4v) is 2.05. The molecule has 1 aromatic heterocycles. The second kappa shape index (κ2) is 6.96. The molecule has 1 rings (SSSR count). The Morgan fingerprint density at radius 3 is 2.92 bits per heavy atom. The van der Waals surface area contributed by atoms with E-state index in [1.165, 1.54) is 36.3 Å². The predicted molar refractivity (Wildman–Crippen MR) is 59.1 cm³/mol. The van der Waals surface area contributed by atoms with Crippen molar-refractivity contribution in [2.24, 2.45) is 0 Å². The van der Waals surface area contributed by atoms with E-state index in [-0.39, 0.29) is 0 Å². The summed E-state index contributed by atoms with van der Waals surface area (Å²) < 4.78 is 0. The van der Waals surface area contributed by atoms with E-state index in [4.69, 9.17) is 0 Å². The molecule has 0 spiro atoms. The third-order valence-corrected chi connectivity index (χ3v) is 2.97. The molecule has 0 aliphatic carbocycles. The second-order valence-corrected chi connectivity index (χ2v) is 4.27. The Morgan fingerprint density at radius 1 is 1.31 bits per heavy atom. The van der Waals surface area contributed by atoms with Crippen molar-refractivity contribution in [3.8, 4) is 0 Å². The molecule has 1 aromatic rings. The molecule has 1 heterocycles. The van der Waals surface area contributed by atoms with E-state index in [1.807, 2.05) is 30.2 Å². The molecular weight excluding hydrogens is 178 g/mol. The molecule has 0 atom stereocenters. The van der Waals surface area contributed by atoms with Crippen molar-refractivity contribution in [1.82, 2.24) is 4.98 Å². The summed E-state index contributed by atoms with van der Waals surface area (Å²) in [4.78, 5) is 5.37. The van der Waals surface area contributed by atoms with E-state index in [0.717, 1.165) is 0 Å². The van der Waals surface area contributed by atoms with E-state index < -0.39 is 0 Å². The minimum atomic E-state index is 1.23. The van der Waals surface area contributed by atoms with E-state index in [2.05, 4.69) is 18.0 Å². The van der Waals surface area contributed by atoms with Gasteiger partial charge in [0.2, 0.25) is 0 Å². The third kappa shape index (κ3) is 4.94. The van der Waals surface area contributed by atoms with Crippen molar-refractivity contribution >= 4 is 11.8 Å². The predicted octanol–water partition coefficient (Wildman–Crippen LogP) is 3.75. The summed E-state index contributed by atoms with van der Waals surface area (Å²) in [5, 5.41) is 0. The largest absolute Gasteiger partial charge is 0.264 e. The summed E-state index contributed by atoms with van der Waals surface area (Å²) >= 11 is 1.91. The molecule has 0 radical (unpaired) electrons. The van der Waals surface area contributed by atoms with Crippen molar-refractivity contribution in [3.63, 3.8) is 0 Å². The van der Waals surface area contributed by atoms with E-state index >= 15 is 0 Å². The van der Waals surface area contributed by atoms with Crippen LogP contribution in [0.25, 0.3) is 0 Å². The first-order chi connectivity index (χ1) is 6.43. The van der Waals surface area contributed by atoms with Crippen LogP contribution < -0.4 is 0 Å². The quantitative estimate of drug-likeness (QED) is 0.506. The molecule has 2 heteroatoms.